The molecule has 0 heterocycles. The number of carbonyl (C=O) groups is 6. The molecule has 67 heavy (non-hydrogen) atoms. The van der Waals surface area contributed by atoms with Gasteiger partial charge in [-0.15, -0.1) is 0 Å². The lowest BCUT2D eigenvalue weighted by Crippen LogP contribution is -2.40. The summed E-state index contributed by atoms with van der Waals surface area (Å²) in [6.45, 7) is 4.15. The number of halogens is 3. The van der Waals surface area contributed by atoms with Crippen molar-refractivity contribution in [2.45, 2.75) is 64.7 Å². The minimum atomic E-state index is -4.91. The Hall–Kier alpha value is -7.87. The average Bonchev–Trinajstić information content (AvgIpc) is 3.31. The van der Waals surface area contributed by atoms with E-state index in [2.05, 4.69) is 0 Å². The molecule has 1 unspecified atom stereocenters. The van der Waals surface area contributed by atoms with Crippen molar-refractivity contribution in [1.29, 1.82) is 0 Å². The summed E-state index contributed by atoms with van der Waals surface area (Å²) in [5, 5.41) is 21.4. The number of ether oxygens (including phenoxy) is 3. The van der Waals surface area contributed by atoms with Gasteiger partial charge in [0.2, 0.25) is 0 Å². The maximum absolute atomic E-state index is 15.2. The number of benzene rings is 6. The van der Waals surface area contributed by atoms with Gasteiger partial charge in [-0.3, -0.25) is 24.0 Å². The molecule has 6 aromatic rings. The van der Waals surface area contributed by atoms with Crippen LogP contribution in [0, 0.1) is 0 Å². The quantitative estimate of drug-likeness (QED) is 0.0450. The molecule has 0 aromatic heterocycles. The van der Waals surface area contributed by atoms with Gasteiger partial charge in [-0.2, -0.15) is 13.2 Å². The van der Waals surface area contributed by atoms with Crippen molar-refractivity contribution >= 4 is 35.6 Å². The van der Waals surface area contributed by atoms with Crippen LogP contribution >= 0.6 is 0 Å². The van der Waals surface area contributed by atoms with E-state index < -0.39 is 41.3 Å². The number of hydrogen-bond acceptors (Lipinski definition) is 11. The van der Waals surface area contributed by atoms with Crippen molar-refractivity contribution in [1.82, 2.24) is 0 Å². The minimum Gasteiger partial charge on any atom is -0.508 e. The summed E-state index contributed by atoms with van der Waals surface area (Å²) in [5.74, 6) is -2.74. The number of esters is 1. The van der Waals surface area contributed by atoms with Gasteiger partial charge in [-0.05, 0) is 91.1 Å². The van der Waals surface area contributed by atoms with Crippen molar-refractivity contribution < 1.29 is 66.4 Å². The van der Waals surface area contributed by atoms with Gasteiger partial charge in [-0.1, -0.05) is 79.7 Å². The molecule has 6 aromatic carbocycles. The van der Waals surface area contributed by atoms with Crippen LogP contribution in [0.1, 0.15) is 112 Å². The number of ketones is 4. The monoisotopic (exact) mass is 914 g/mol. The predicted molar refractivity (Wildman–Crippen MR) is 240 cm³/mol. The molecule has 2 N–H and O–H groups in total. The lowest BCUT2D eigenvalue weighted by atomic mass is 9.74. The summed E-state index contributed by atoms with van der Waals surface area (Å²) in [4.78, 5) is 75.8. The molecule has 0 saturated heterocycles. The highest BCUT2D eigenvalue weighted by atomic mass is 19.4. The zero-order valence-corrected chi connectivity index (χ0v) is 36.9. The maximum Gasteiger partial charge on any atom is 0.402 e. The molecule has 344 valence electrons. The standard InChI is InChI=1S/C53H45F3O11/c1-5-32-6-10-34(11-7-32)48(61)26-36-23-39(14-20-46(36)59)52(3,53(54,55)56)40-15-21-47(60)37(24-40)27-49(62)35-12-8-33(9-13-35)22-50(63)44-19-17-41(25-38(44)29-66-30-57)67-42-16-18-43(31(2)58)45(28-42)51(64)65-4/h6-21,23-25,28,30,59-60H,5,22,26-27,29H2,1-4H3. The predicted octanol–water partition coefficient (Wildman–Crippen LogP) is 10.3. The highest BCUT2D eigenvalue weighted by molar-refractivity contribution is 6.05. The second-order valence-corrected chi connectivity index (χ2v) is 15.9. The number of aryl methyl sites for hydroxylation is 1. The second kappa shape index (κ2) is 20.5. The first-order valence-corrected chi connectivity index (χ1v) is 20.9. The number of phenols is 2. The lowest BCUT2D eigenvalue weighted by molar-refractivity contribution is -0.173. The summed E-state index contributed by atoms with van der Waals surface area (Å²) in [6.07, 6.45) is -5.13. The number of alkyl halides is 3. The van der Waals surface area contributed by atoms with Gasteiger partial charge >= 0.3 is 12.1 Å². The van der Waals surface area contributed by atoms with Crippen LogP contribution in [-0.4, -0.2) is 59.1 Å². The van der Waals surface area contributed by atoms with Gasteiger partial charge in [0.1, 0.15) is 35.0 Å². The molecular formula is C53H45F3O11. The molecule has 0 aliphatic heterocycles. The molecule has 0 bridgehead atoms. The molecule has 0 aliphatic carbocycles. The van der Waals surface area contributed by atoms with Gasteiger partial charge in [0, 0.05) is 58.2 Å². The Morgan fingerprint density at radius 1 is 0.597 bits per heavy atom. The van der Waals surface area contributed by atoms with Crippen LogP contribution in [0.15, 0.2) is 121 Å². The first kappa shape index (κ1) is 48.6. The number of aromatic hydroxyl groups is 2. The number of Topliss-reactive ketones (excluding diaryl/α,β-unsaturated/α-hetero) is 4. The highest BCUT2D eigenvalue weighted by Crippen LogP contribution is 2.48. The SMILES string of the molecule is CCc1ccc(C(=O)Cc2cc(C(C)(c3ccc(O)c(CC(=O)c4ccc(CC(=O)c5ccc(Oc6ccc(C(C)=O)c(C(=O)OC)c6)cc5COC=O)cc4)c3)C(F)(F)F)ccc2O)cc1. The van der Waals surface area contributed by atoms with E-state index in [1.807, 2.05) is 6.92 Å². The van der Waals surface area contributed by atoms with Crippen molar-refractivity contribution in [3.05, 3.63) is 188 Å². The first-order chi connectivity index (χ1) is 31.9. The topological polar surface area (TPSA) is 171 Å². The van der Waals surface area contributed by atoms with E-state index >= 15 is 13.2 Å². The summed E-state index contributed by atoms with van der Waals surface area (Å²) in [5.41, 5.74) is -0.694. The Labute approximate surface area is 383 Å². The average molecular weight is 915 g/mol. The molecule has 0 fully saturated rings. The Morgan fingerprint density at radius 3 is 1.58 bits per heavy atom. The minimum absolute atomic E-state index is 0.0000902. The summed E-state index contributed by atoms with van der Waals surface area (Å²) < 4.78 is 61.3. The third-order valence-electron chi connectivity index (χ3n) is 11.6. The van der Waals surface area contributed by atoms with Gasteiger partial charge in [0.05, 0.1) is 12.7 Å². The maximum atomic E-state index is 15.2. The number of phenolic OH excluding ortho intramolecular Hbond substituents is 2. The van der Waals surface area contributed by atoms with E-state index in [-0.39, 0.29) is 99.2 Å². The molecule has 0 spiro atoms. The number of carbonyl (C=O) groups excluding carboxylic acids is 6. The number of rotatable bonds is 19. The van der Waals surface area contributed by atoms with Crippen LogP contribution in [-0.2, 0) is 52.0 Å². The first-order valence-electron chi connectivity index (χ1n) is 20.9. The Kier molecular flexibility index (Phi) is 14.9. The zero-order chi connectivity index (χ0) is 48.6. The third-order valence-corrected chi connectivity index (χ3v) is 11.6. The van der Waals surface area contributed by atoms with Gasteiger partial charge < -0.3 is 24.4 Å². The lowest BCUT2D eigenvalue weighted by Gasteiger charge is -2.34. The summed E-state index contributed by atoms with van der Waals surface area (Å²) in [6, 6.07) is 28.2. The van der Waals surface area contributed by atoms with Crippen molar-refractivity contribution in [3.63, 3.8) is 0 Å². The third kappa shape index (κ3) is 11.0. The fourth-order valence-corrected chi connectivity index (χ4v) is 7.59. The van der Waals surface area contributed by atoms with Crippen LogP contribution < -0.4 is 4.74 Å². The highest BCUT2D eigenvalue weighted by Gasteiger charge is 2.54. The molecule has 1 atom stereocenters. The fourth-order valence-electron chi connectivity index (χ4n) is 7.59. The van der Waals surface area contributed by atoms with E-state index in [0.29, 0.717) is 16.7 Å². The largest absolute Gasteiger partial charge is 0.508 e. The van der Waals surface area contributed by atoms with E-state index in [1.54, 1.807) is 24.3 Å². The Morgan fingerprint density at radius 2 is 1.10 bits per heavy atom. The summed E-state index contributed by atoms with van der Waals surface area (Å²) in [7, 11) is 1.18. The van der Waals surface area contributed by atoms with Gasteiger partial charge in [-0.25, -0.2) is 4.79 Å². The summed E-state index contributed by atoms with van der Waals surface area (Å²) >= 11 is 0. The second-order valence-electron chi connectivity index (χ2n) is 15.9. The van der Waals surface area contributed by atoms with E-state index in [9.17, 15) is 39.0 Å². The van der Waals surface area contributed by atoms with Gasteiger partial charge in [0.25, 0.3) is 6.47 Å². The number of hydrogen-bond donors (Lipinski definition) is 2. The van der Waals surface area contributed by atoms with Crippen LogP contribution in [0.25, 0.3) is 0 Å². The Bertz CT molecular complexity index is 2870. The fraction of sp³-hybridized carbons (Fsp3) is 0.208. The smallest absolute Gasteiger partial charge is 0.402 e. The molecule has 0 amide bonds. The molecular weight excluding hydrogens is 870 g/mol. The molecule has 0 aliphatic rings. The number of methoxy groups -OCH3 is 1. The molecule has 6 rings (SSSR count). The van der Waals surface area contributed by atoms with E-state index in [1.165, 1.54) is 74.7 Å². The Balaban J connectivity index is 1.18. The van der Waals surface area contributed by atoms with Crippen molar-refractivity contribution in [2.24, 2.45) is 0 Å². The normalized spacial score (nSPS) is 12.1. The molecule has 11 nitrogen and oxygen atoms in total. The van der Waals surface area contributed by atoms with E-state index in [0.717, 1.165) is 55.3 Å². The van der Waals surface area contributed by atoms with Crippen LogP contribution in [0.2, 0.25) is 0 Å². The van der Waals surface area contributed by atoms with Crippen LogP contribution in [0.5, 0.6) is 23.0 Å². The zero-order valence-electron chi connectivity index (χ0n) is 36.9. The van der Waals surface area contributed by atoms with Crippen molar-refractivity contribution in [3.8, 4) is 23.0 Å². The van der Waals surface area contributed by atoms with Crippen molar-refractivity contribution in [2.75, 3.05) is 7.11 Å². The molecule has 0 saturated carbocycles. The van der Waals surface area contributed by atoms with Gasteiger partial charge in [0.15, 0.2) is 23.1 Å². The van der Waals surface area contributed by atoms with Crippen LogP contribution in [0.4, 0.5) is 13.2 Å². The van der Waals surface area contributed by atoms with Crippen LogP contribution in [0.3, 0.4) is 0 Å². The molecule has 14 heteroatoms. The molecule has 0 radical (unpaired) electrons. The van der Waals surface area contributed by atoms with E-state index in [4.69, 9.17) is 14.2 Å².